The molecule has 0 amide bonds. The number of carboxylic acid groups (broad SMARTS) is 1. The molecule has 2 nitrogen and oxygen atoms in total. The van der Waals surface area contributed by atoms with Gasteiger partial charge in [0.25, 0.3) is 0 Å². The van der Waals surface area contributed by atoms with E-state index in [0.29, 0.717) is 5.92 Å². The van der Waals surface area contributed by atoms with Gasteiger partial charge in [0.2, 0.25) is 0 Å². The van der Waals surface area contributed by atoms with Gasteiger partial charge in [-0.1, -0.05) is 50.1 Å². The minimum atomic E-state index is -0.709. The van der Waals surface area contributed by atoms with Gasteiger partial charge in [-0.3, -0.25) is 4.79 Å². The number of hydrogen-bond acceptors (Lipinski definition) is 1. The van der Waals surface area contributed by atoms with Gasteiger partial charge in [-0.15, -0.1) is 0 Å². The molecular weight excluding hydrogens is 212 g/mol. The molecule has 0 aliphatic carbocycles. The Bertz CT molecular complexity index is 352. The smallest absolute Gasteiger partial charge is 0.303 e. The Hall–Kier alpha value is -1.31. The molecule has 0 saturated heterocycles. The summed E-state index contributed by atoms with van der Waals surface area (Å²) in [5.74, 6) is 0.0616. The van der Waals surface area contributed by atoms with Gasteiger partial charge in [0.05, 0.1) is 6.42 Å². The zero-order valence-corrected chi connectivity index (χ0v) is 10.9. The summed E-state index contributed by atoms with van der Waals surface area (Å²) >= 11 is 0. The zero-order valence-electron chi connectivity index (χ0n) is 10.9. The molecule has 17 heavy (non-hydrogen) atoms. The second-order valence-corrected chi connectivity index (χ2v) is 5.18. The van der Waals surface area contributed by atoms with E-state index in [9.17, 15) is 4.79 Å². The third kappa shape index (κ3) is 5.03. The number of aryl methyl sites for hydroxylation is 1. The van der Waals surface area contributed by atoms with Crippen LogP contribution < -0.4 is 0 Å². The fourth-order valence-electron chi connectivity index (χ4n) is 1.97. The predicted molar refractivity (Wildman–Crippen MR) is 70.2 cm³/mol. The van der Waals surface area contributed by atoms with Crippen LogP contribution in [0, 0.1) is 12.8 Å². The number of benzene rings is 1. The van der Waals surface area contributed by atoms with Crippen molar-refractivity contribution in [2.75, 3.05) is 0 Å². The van der Waals surface area contributed by atoms with E-state index >= 15 is 0 Å². The van der Waals surface area contributed by atoms with Crippen LogP contribution in [-0.4, -0.2) is 11.1 Å². The van der Waals surface area contributed by atoms with Crippen molar-refractivity contribution in [3.63, 3.8) is 0 Å². The molecule has 0 spiro atoms. The van der Waals surface area contributed by atoms with E-state index in [4.69, 9.17) is 5.11 Å². The Labute approximate surface area is 104 Å². The van der Waals surface area contributed by atoms with Gasteiger partial charge < -0.3 is 5.11 Å². The molecule has 94 valence electrons. The normalized spacial score (nSPS) is 12.7. The molecule has 2 heteroatoms. The largest absolute Gasteiger partial charge is 0.481 e. The Kier molecular flexibility index (Phi) is 5.20. The third-order valence-corrected chi connectivity index (χ3v) is 3.06. The molecule has 0 aliphatic rings. The summed E-state index contributed by atoms with van der Waals surface area (Å²) in [5.41, 5.74) is 2.37. The summed E-state index contributed by atoms with van der Waals surface area (Å²) in [6.07, 6.45) is 2.26. The first-order chi connectivity index (χ1) is 7.99. The van der Waals surface area contributed by atoms with Crippen LogP contribution in [0.4, 0.5) is 0 Å². The monoisotopic (exact) mass is 234 g/mol. The molecule has 0 saturated carbocycles. The van der Waals surface area contributed by atoms with Gasteiger partial charge in [0.1, 0.15) is 0 Å². The van der Waals surface area contributed by atoms with E-state index < -0.39 is 5.97 Å². The quantitative estimate of drug-likeness (QED) is 0.808. The number of carbonyl (C=O) groups is 1. The number of rotatable bonds is 6. The van der Waals surface area contributed by atoms with Gasteiger partial charge in [0, 0.05) is 0 Å². The fraction of sp³-hybridized carbons (Fsp3) is 0.533. The molecule has 0 fully saturated rings. The van der Waals surface area contributed by atoms with Crippen molar-refractivity contribution in [1.29, 1.82) is 0 Å². The van der Waals surface area contributed by atoms with Crippen molar-refractivity contribution in [3.05, 3.63) is 35.4 Å². The van der Waals surface area contributed by atoms with Crippen molar-refractivity contribution in [2.45, 2.75) is 46.0 Å². The van der Waals surface area contributed by atoms with Crippen LogP contribution in [0.25, 0.3) is 0 Å². The van der Waals surface area contributed by atoms with Gasteiger partial charge in [0.15, 0.2) is 0 Å². The average Bonchev–Trinajstić information content (AvgIpc) is 2.25. The third-order valence-electron chi connectivity index (χ3n) is 3.06. The van der Waals surface area contributed by atoms with Gasteiger partial charge in [-0.2, -0.15) is 0 Å². The highest BCUT2D eigenvalue weighted by molar-refractivity contribution is 5.68. The standard InChI is InChI=1S/C15H22O2/c1-11(2)4-7-14(10-15(16)17)13-8-5-12(3)6-9-13/h5-6,8-9,11,14H,4,7,10H2,1-3H3,(H,16,17). The molecular formula is C15H22O2. The fourth-order valence-corrected chi connectivity index (χ4v) is 1.97. The molecule has 1 unspecified atom stereocenters. The summed E-state index contributed by atoms with van der Waals surface area (Å²) in [6, 6.07) is 8.23. The minimum absolute atomic E-state index is 0.149. The lowest BCUT2D eigenvalue weighted by Crippen LogP contribution is -2.07. The first kappa shape index (κ1) is 13.8. The van der Waals surface area contributed by atoms with Crippen molar-refractivity contribution >= 4 is 5.97 Å². The lowest BCUT2D eigenvalue weighted by Gasteiger charge is -2.16. The van der Waals surface area contributed by atoms with Crippen LogP contribution in [0.5, 0.6) is 0 Å². The predicted octanol–water partition coefficient (Wildman–Crippen LogP) is 3.99. The number of hydrogen-bond donors (Lipinski definition) is 1. The van der Waals surface area contributed by atoms with Crippen molar-refractivity contribution in [3.8, 4) is 0 Å². The lowest BCUT2D eigenvalue weighted by atomic mass is 9.88. The number of carboxylic acids is 1. The summed E-state index contributed by atoms with van der Waals surface area (Å²) in [7, 11) is 0. The van der Waals surface area contributed by atoms with E-state index in [1.54, 1.807) is 0 Å². The van der Waals surface area contributed by atoms with Crippen LogP contribution in [0.1, 0.15) is 50.2 Å². The molecule has 1 N–H and O–H groups in total. The van der Waals surface area contributed by atoms with Crippen LogP contribution in [0.15, 0.2) is 24.3 Å². The van der Waals surface area contributed by atoms with Crippen LogP contribution in [-0.2, 0) is 4.79 Å². The topological polar surface area (TPSA) is 37.3 Å². The first-order valence-electron chi connectivity index (χ1n) is 6.27. The maximum Gasteiger partial charge on any atom is 0.303 e. The van der Waals surface area contributed by atoms with Gasteiger partial charge in [-0.05, 0) is 30.7 Å². The maximum absolute atomic E-state index is 10.9. The average molecular weight is 234 g/mol. The maximum atomic E-state index is 10.9. The molecule has 1 atom stereocenters. The summed E-state index contributed by atoms with van der Waals surface area (Å²) in [6.45, 7) is 6.39. The Balaban J connectivity index is 2.74. The molecule has 1 aromatic rings. The van der Waals surface area contributed by atoms with Gasteiger partial charge in [-0.25, -0.2) is 0 Å². The minimum Gasteiger partial charge on any atom is -0.481 e. The number of aliphatic carboxylic acids is 1. The molecule has 0 bridgehead atoms. The molecule has 0 radical (unpaired) electrons. The second-order valence-electron chi connectivity index (χ2n) is 5.18. The second kappa shape index (κ2) is 6.43. The van der Waals surface area contributed by atoms with E-state index in [-0.39, 0.29) is 12.3 Å². The molecule has 0 aliphatic heterocycles. The molecule has 0 aromatic heterocycles. The van der Waals surface area contributed by atoms with E-state index in [2.05, 4.69) is 38.1 Å². The highest BCUT2D eigenvalue weighted by Gasteiger charge is 2.15. The van der Waals surface area contributed by atoms with Crippen molar-refractivity contribution < 1.29 is 9.90 Å². The highest BCUT2D eigenvalue weighted by Crippen LogP contribution is 2.27. The van der Waals surface area contributed by atoms with E-state index in [0.717, 1.165) is 18.4 Å². The van der Waals surface area contributed by atoms with Gasteiger partial charge >= 0.3 is 5.97 Å². The van der Waals surface area contributed by atoms with E-state index in [1.807, 2.05) is 6.92 Å². The Morgan fingerprint density at radius 2 is 1.76 bits per heavy atom. The Morgan fingerprint density at radius 1 is 1.18 bits per heavy atom. The Morgan fingerprint density at radius 3 is 2.24 bits per heavy atom. The summed E-state index contributed by atoms with van der Waals surface area (Å²) < 4.78 is 0. The first-order valence-corrected chi connectivity index (χ1v) is 6.27. The molecule has 1 rings (SSSR count). The van der Waals surface area contributed by atoms with Crippen molar-refractivity contribution in [2.24, 2.45) is 5.92 Å². The zero-order chi connectivity index (χ0) is 12.8. The summed E-state index contributed by atoms with van der Waals surface area (Å²) in [4.78, 5) is 10.9. The van der Waals surface area contributed by atoms with Crippen LogP contribution >= 0.6 is 0 Å². The van der Waals surface area contributed by atoms with Crippen LogP contribution in [0.2, 0.25) is 0 Å². The van der Waals surface area contributed by atoms with E-state index in [1.165, 1.54) is 5.56 Å². The molecule has 1 aromatic carbocycles. The van der Waals surface area contributed by atoms with Crippen molar-refractivity contribution in [1.82, 2.24) is 0 Å². The SMILES string of the molecule is Cc1ccc(C(CCC(C)C)CC(=O)O)cc1. The molecule has 0 heterocycles. The summed E-state index contributed by atoms with van der Waals surface area (Å²) in [5, 5.41) is 8.97. The lowest BCUT2D eigenvalue weighted by molar-refractivity contribution is -0.137. The highest BCUT2D eigenvalue weighted by atomic mass is 16.4. The van der Waals surface area contributed by atoms with Crippen LogP contribution in [0.3, 0.4) is 0 Å².